The first-order valence-electron chi connectivity index (χ1n) is 8.50. The first-order valence-corrected chi connectivity index (χ1v) is 10.3. The second-order valence-electron chi connectivity index (χ2n) is 6.06. The van der Waals surface area contributed by atoms with E-state index in [1.807, 2.05) is 36.4 Å². The Kier molecular flexibility index (Phi) is 5.38. The minimum atomic E-state index is -0.249. The van der Waals surface area contributed by atoms with Gasteiger partial charge in [0.05, 0.1) is 13.2 Å². The van der Waals surface area contributed by atoms with E-state index >= 15 is 0 Å². The highest BCUT2D eigenvalue weighted by Gasteiger charge is 2.18. The monoisotopic (exact) mass is 397 g/mol. The minimum Gasteiger partial charge on any atom is -0.497 e. The fourth-order valence-electron chi connectivity index (χ4n) is 2.77. The van der Waals surface area contributed by atoms with E-state index in [1.54, 1.807) is 23.4 Å². The number of nitrogens with zero attached hydrogens (tertiary/aromatic N) is 4. The van der Waals surface area contributed by atoms with Crippen molar-refractivity contribution in [3.63, 3.8) is 0 Å². The maximum absolute atomic E-state index is 6.36. The van der Waals surface area contributed by atoms with Crippen LogP contribution in [0.1, 0.15) is 23.0 Å². The summed E-state index contributed by atoms with van der Waals surface area (Å²) in [6.45, 7) is 0. The molecule has 4 aromatic rings. The molecule has 0 unspecified atom stereocenters. The highest BCUT2D eigenvalue weighted by molar-refractivity contribution is 8.00. The van der Waals surface area contributed by atoms with Gasteiger partial charge in [-0.15, -0.1) is 15.3 Å². The van der Waals surface area contributed by atoms with Crippen molar-refractivity contribution in [3.8, 4) is 5.75 Å². The van der Waals surface area contributed by atoms with E-state index in [9.17, 15) is 0 Å². The van der Waals surface area contributed by atoms with Gasteiger partial charge in [-0.2, -0.15) is 4.52 Å². The molecule has 0 spiro atoms. The molecule has 0 saturated heterocycles. The van der Waals surface area contributed by atoms with E-state index in [1.165, 1.54) is 22.5 Å². The van der Waals surface area contributed by atoms with Gasteiger partial charge in [0, 0.05) is 5.75 Å². The number of methoxy groups -OCH3 is 1. The third-order valence-corrected chi connectivity index (χ3v) is 6.23. The van der Waals surface area contributed by atoms with Crippen LogP contribution in [0.25, 0.3) is 4.96 Å². The molecule has 0 bridgehead atoms. The normalized spacial score (nSPS) is 12.4. The highest BCUT2D eigenvalue weighted by Crippen LogP contribution is 2.29. The molecular weight excluding hydrogens is 378 g/mol. The molecule has 2 aromatic heterocycles. The van der Waals surface area contributed by atoms with Crippen molar-refractivity contribution in [2.24, 2.45) is 5.73 Å². The van der Waals surface area contributed by atoms with Crippen molar-refractivity contribution in [2.45, 2.75) is 22.6 Å². The topological polar surface area (TPSA) is 78.3 Å². The molecule has 0 amide bonds. The summed E-state index contributed by atoms with van der Waals surface area (Å²) in [6, 6.07) is 18.0. The molecule has 0 saturated carbocycles. The zero-order chi connectivity index (χ0) is 18.6. The number of aromatic nitrogens is 4. The second kappa shape index (κ2) is 8.08. The summed E-state index contributed by atoms with van der Waals surface area (Å²) in [5.41, 5.74) is 8.72. The largest absolute Gasteiger partial charge is 0.497 e. The van der Waals surface area contributed by atoms with E-state index in [-0.39, 0.29) is 6.04 Å². The number of hydrogen-bond acceptors (Lipinski definition) is 7. The van der Waals surface area contributed by atoms with Gasteiger partial charge in [0.2, 0.25) is 4.96 Å². The average Bonchev–Trinajstić information content (AvgIpc) is 3.27. The van der Waals surface area contributed by atoms with Gasteiger partial charge in [0.25, 0.3) is 0 Å². The Morgan fingerprint density at radius 3 is 2.74 bits per heavy atom. The van der Waals surface area contributed by atoms with Crippen LogP contribution in [0.3, 0.4) is 0 Å². The molecular formula is C19H19N5OS2. The van der Waals surface area contributed by atoms with Crippen molar-refractivity contribution in [1.29, 1.82) is 0 Å². The predicted octanol–water partition coefficient (Wildman–Crippen LogP) is 3.73. The first kappa shape index (κ1) is 18.0. The third-order valence-electron chi connectivity index (χ3n) is 4.12. The summed E-state index contributed by atoms with van der Waals surface area (Å²) in [6.07, 6.45) is 0.700. The van der Waals surface area contributed by atoms with Crippen LogP contribution in [-0.4, -0.2) is 26.9 Å². The zero-order valence-corrected chi connectivity index (χ0v) is 16.4. The molecule has 8 heteroatoms. The lowest BCUT2D eigenvalue weighted by atomic mass is 10.1. The smallest absolute Gasteiger partial charge is 0.235 e. The van der Waals surface area contributed by atoms with Crippen molar-refractivity contribution < 1.29 is 4.74 Å². The van der Waals surface area contributed by atoms with Crippen LogP contribution in [0.2, 0.25) is 0 Å². The van der Waals surface area contributed by atoms with Gasteiger partial charge >= 0.3 is 0 Å². The van der Waals surface area contributed by atoms with Crippen molar-refractivity contribution in [3.05, 3.63) is 71.5 Å². The highest BCUT2D eigenvalue weighted by atomic mass is 32.2. The van der Waals surface area contributed by atoms with Crippen LogP contribution < -0.4 is 10.5 Å². The number of hydrogen-bond donors (Lipinski definition) is 1. The maximum Gasteiger partial charge on any atom is 0.235 e. The fraction of sp³-hybridized carbons (Fsp3) is 0.211. The second-order valence-corrected chi connectivity index (χ2v) is 8.24. The van der Waals surface area contributed by atoms with E-state index in [0.29, 0.717) is 12.2 Å². The average molecular weight is 398 g/mol. The van der Waals surface area contributed by atoms with Crippen LogP contribution in [0.5, 0.6) is 5.75 Å². The fourth-order valence-corrected chi connectivity index (χ4v) is 4.60. The Bertz CT molecular complexity index is 1030. The van der Waals surface area contributed by atoms with Crippen LogP contribution in [0.15, 0.2) is 58.9 Å². The van der Waals surface area contributed by atoms with E-state index in [4.69, 9.17) is 10.5 Å². The van der Waals surface area contributed by atoms with Gasteiger partial charge in [0.15, 0.2) is 10.2 Å². The predicted molar refractivity (Wildman–Crippen MR) is 108 cm³/mol. The van der Waals surface area contributed by atoms with Gasteiger partial charge < -0.3 is 10.5 Å². The van der Waals surface area contributed by atoms with Gasteiger partial charge in [-0.05, 0) is 29.7 Å². The number of rotatable bonds is 7. The summed E-state index contributed by atoms with van der Waals surface area (Å²) < 4.78 is 7.99. The maximum atomic E-state index is 6.36. The molecule has 0 aliphatic rings. The van der Waals surface area contributed by atoms with Gasteiger partial charge in [0.1, 0.15) is 5.75 Å². The standard InChI is InChI=1S/C19H19N5OS2/c1-25-15-9-5-8-14(10-15)12-26-19-23-24-17(21-22-18(24)27-19)16(20)11-13-6-3-2-4-7-13/h2-10,16H,11-12,20H2,1H3/t16-/m0/s1. The van der Waals surface area contributed by atoms with E-state index in [2.05, 4.69) is 33.5 Å². The Morgan fingerprint density at radius 1 is 1.11 bits per heavy atom. The summed E-state index contributed by atoms with van der Waals surface area (Å²) in [5, 5.41) is 13.1. The molecule has 0 fully saturated rings. The lowest BCUT2D eigenvalue weighted by Gasteiger charge is -2.08. The quantitative estimate of drug-likeness (QED) is 0.479. The van der Waals surface area contributed by atoms with Gasteiger partial charge in [-0.3, -0.25) is 0 Å². The van der Waals surface area contributed by atoms with E-state index in [0.717, 1.165) is 20.8 Å². The van der Waals surface area contributed by atoms with Crippen molar-refractivity contribution >= 4 is 28.1 Å². The molecule has 2 N–H and O–H groups in total. The molecule has 0 aliphatic carbocycles. The Hall–Kier alpha value is -2.42. The van der Waals surface area contributed by atoms with Crippen molar-refractivity contribution in [1.82, 2.24) is 19.8 Å². The number of ether oxygens (including phenoxy) is 1. The van der Waals surface area contributed by atoms with E-state index < -0.39 is 0 Å². The van der Waals surface area contributed by atoms with Crippen LogP contribution >= 0.6 is 23.1 Å². The summed E-state index contributed by atoms with van der Waals surface area (Å²) in [4.78, 5) is 0.765. The Morgan fingerprint density at radius 2 is 1.93 bits per heavy atom. The number of thioether (sulfide) groups is 1. The van der Waals surface area contributed by atoms with Crippen LogP contribution in [-0.2, 0) is 12.2 Å². The third kappa shape index (κ3) is 4.13. The Labute approximate surface area is 165 Å². The van der Waals surface area contributed by atoms with Gasteiger partial charge in [-0.1, -0.05) is 65.6 Å². The molecule has 0 radical (unpaired) electrons. The molecule has 2 heterocycles. The molecule has 138 valence electrons. The number of fused-ring (bicyclic) bond motifs is 1. The zero-order valence-electron chi connectivity index (χ0n) is 14.8. The molecule has 27 heavy (non-hydrogen) atoms. The lowest BCUT2D eigenvalue weighted by Crippen LogP contribution is -2.17. The summed E-state index contributed by atoms with van der Waals surface area (Å²) in [5.74, 6) is 2.37. The van der Waals surface area contributed by atoms with Crippen LogP contribution in [0, 0.1) is 0 Å². The minimum absolute atomic E-state index is 0.249. The first-order chi connectivity index (χ1) is 13.2. The summed E-state index contributed by atoms with van der Waals surface area (Å²) >= 11 is 3.20. The molecule has 6 nitrogen and oxygen atoms in total. The SMILES string of the molecule is COc1cccc(CSc2nn3c([C@@H](N)Cc4ccccc4)nnc3s2)c1. The summed E-state index contributed by atoms with van der Waals surface area (Å²) in [7, 11) is 1.68. The lowest BCUT2D eigenvalue weighted by molar-refractivity contribution is 0.414. The molecule has 4 rings (SSSR count). The molecule has 1 atom stereocenters. The van der Waals surface area contributed by atoms with Gasteiger partial charge in [-0.25, -0.2) is 0 Å². The molecule has 2 aromatic carbocycles. The molecule has 0 aliphatic heterocycles. The Balaban J connectivity index is 1.48. The number of nitrogens with two attached hydrogens (primary N) is 1. The van der Waals surface area contributed by atoms with Crippen LogP contribution in [0.4, 0.5) is 0 Å². The number of benzene rings is 2. The van der Waals surface area contributed by atoms with Crippen molar-refractivity contribution in [2.75, 3.05) is 7.11 Å².